The van der Waals surface area contributed by atoms with Crippen molar-refractivity contribution in [1.29, 1.82) is 5.26 Å². The molecule has 102 valence electrons. The number of benzene rings is 1. The van der Waals surface area contributed by atoms with Crippen LogP contribution in [0.3, 0.4) is 0 Å². The fourth-order valence-electron chi connectivity index (χ4n) is 1.75. The summed E-state index contributed by atoms with van der Waals surface area (Å²) in [6.45, 7) is 0.0422. The first-order chi connectivity index (χ1) is 9.54. The minimum atomic E-state index is -0.412. The van der Waals surface area contributed by atoms with E-state index >= 15 is 0 Å². The summed E-state index contributed by atoms with van der Waals surface area (Å²) in [7, 11) is 2.98. The number of rotatable bonds is 3. The Labute approximate surface area is 115 Å². The van der Waals surface area contributed by atoms with Gasteiger partial charge in [0.25, 0.3) is 5.56 Å². The van der Waals surface area contributed by atoms with E-state index in [0.29, 0.717) is 17.0 Å². The molecule has 0 aliphatic rings. The standard InChI is InChI=1S/C14H13N3O3/c1-16-11(7-13(18)17(2)14(16)19)9-20-12-6-4-3-5-10(12)8-15/h3-7H,9H2,1-2H3. The molecule has 0 aliphatic carbocycles. The first kappa shape index (κ1) is 13.6. The molecule has 6 nitrogen and oxygen atoms in total. The van der Waals surface area contributed by atoms with E-state index in [2.05, 4.69) is 0 Å². The van der Waals surface area contributed by atoms with Crippen molar-refractivity contribution in [1.82, 2.24) is 9.13 Å². The van der Waals surface area contributed by atoms with Crippen LogP contribution in [0.2, 0.25) is 0 Å². The molecule has 0 N–H and O–H groups in total. The summed E-state index contributed by atoms with van der Waals surface area (Å²) in [6.07, 6.45) is 0. The number of hydrogen-bond acceptors (Lipinski definition) is 4. The van der Waals surface area contributed by atoms with Gasteiger partial charge < -0.3 is 4.74 Å². The summed E-state index contributed by atoms with van der Waals surface area (Å²) in [6, 6.07) is 10.1. The molecule has 2 rings (SSSR count). The third-order valence-corrected chi connectivity index (χ3v) is 3.01. The third-order valence-electron chi connectivity index (χ3n) is 3.01. The van der Waals surface area contributed by atoms with E-state index in [9.17, 15) is 9.59 Å². The van der Waals surface area contributed by atoms with Crippen LogP contribution in [0.15, 0.2) is 39.9 Å². The average Bonchev–Trinajstić information content (AvgIpc) is 2.47. The lowest BCUT2D eigenvalue weighted by Gasteiger charge is -2.11. The molecule has 0 aliphatic heterocycles. The van der Waals surface area contributed by atoms with Crippen molar-refractivity contribution in [3.63, 3.8) is 0 Å². The topological polar surface area (TPSA) is 77.0 Å². The molecule has 1 aromatic heterocycles. The molecular weight excluding hydrogens is 258 g/mol. The van der Waals surface area contributed by atoms with Crippen LogP contribution in [0.5, 0.6) is 5.75 Å². The van der Waals surface area contributed by atoms with Crippen molar-refractivity contribution in [2.75, 3.05) is 0 Å². The summed E-state index contributed by atoms with van der Waals surface area (Å²) in [5.74, 6) is 0.420. The highest BCUT2D eigenvalue weighted by molar-refractivity contribution is 5.42. The maximum atomic E-state index is 11.8. The molecule has 0 fully saturated rings. The van der Waals surface area contributed by atoms with Crippen LogP contribution in [0.4, 0.5) is 0 Å². The fourth-order valence-corrected chi connectivity index (χ4v) is 1.75. The van der Waals surface area contributed by atoms with E-state index in [-0.39, 0.29) is 12.2 Å². The number of nitrogens with zero attached hydrogens (tertiary/aromatic N) is 3. The second-order valence-electron chi connectivity index (χ2n) is 4.27. The molecule has 0 bridgehead atoms. The van der Waals surface area contributed by atoms with Crippen LogP contribution in [0.25, 0.3) is 0 Å². The molecule has 0 atom stereocenters. The first-order valence-electron chi connectivity index (χ1n) is 5.92. The normalized spacial score (nSPS) is 10.1. The van der Waals surface area contributed by atoms with Gasteiger partial charge in [-0.3, -0.25) is 13.9 Å². The van der Waals surface area contributed by atoms with Gasteiger partial charge in [0, 0.05) is 20.2 Å². The maximum Gasteiger partial charge on any atom is 0.330 e. The molecule has 0 saturated heterocycles. The lowest BCUT2D eigenvalue weighted by molar-refractivity contribution is 0.292. The summed E-state index contributed by atoms with van der Waals surface area (Å²) in [5.41, 5.74) is 0.0529. The largest absolute Gasteiger partial charge is 0.486 e. The van der Waals surface area contributed by atoms with Crippen molar-refractivity contribution >= 4 is 0 Å². The number of para-hydroxylation sites is 1. The van der Waals surface area contributed by atoms with Crippen LogP contribution < -0.4 is 16.0 Å². The molecule has 1 aromatic carbocycles. The fraction of sp³-hybridized carbons (Fsp3) is 0.214. The van der Waals surface area contributed by atoms with Crippen molar-refractivity contribution in [3.8, 4) is 11.8 Å². The number of aromatic nitrogens is 2. The molecule has 0 unspecified atom stereocenters. The van der Waals surface area contributed by atoms with Gasteiger partial charge in [0.2, 0.25) is 0 Å². The number of hydrogen-bond donors (Lipinski definition) is 0. The Balaban J connectivity index is 2.31. The molecule has 6 heteroatoms. The Hall–Kier alpha value is -2.81. The van der Waals surface area contributed by atoms with Gasteiger partial charge in [-0.1, -0.05) is 12.1 Å². The summed E-state index contributed by atoms with van der Waals surface area (Å²) < 4.78 is 7.88. The van der Waals surface area contributed by atoms with Gasteiger partial charge in [-0.25, -0.2) is 4.79 Å². The molecule has 0 radical (unpaired) electrons. The summed E-state index contributed by atoms with van der Waals surface area (Å²) in [4.78, 5) is 23.4. The van der Waals surface area contributed by atoms with Crippen LogP contribution in [0.1, 0.15) is 11.3 Å². The Bertz CT molecular complexity index is 797. The zero-order valence-electron chi connectivity index (χ0n) is 11.2. The van der Waals surface area contributed by atoms with Gasteiger partial charge in [-0.15, -0.1) is 0 Å². The van der Waals surface area contributed by atoms with Gasteiger partial charge in [0.05, 0.1) is 11.3 Å². The highest BCUT2D eigenvalue weighted by Crippen LogP contribution is 2.17. The monoisotopic (exact) mass is 271 g/mol. The Morgan fingerprint density at radius 2 is 1.90 bits per heavy atom. The van der Waals surface area contributed by atoms with Gasteiger partial charge in [0.15, 0.2) is 0 Å². The summed E-state index contributed by atoms with van der Waals surface area (Å²) >= 11 is 0. The van der Waals surface area contributed by atoms with E-state index in [1.807, 2.05) is 6.07 Å². The van der Waals surface area contributed by atoms with E-state index in [1.165, 1.54) is 17.7 Å². The Kier molecular flexibility index (Phi) is 3.71. The maximum absolute atomic E-state index is 11.8. The van der Waals surface area contributed by atoms with Crippen LogP contribution >= 0.6 is 0 Å². The molecular formula is C14H13N3O3. The lowest BCUT2D eigenvalue weighted by Crippen LogP contribution is -2.38. The molecule has 20 heavy (non-hydrogen) atoms. The Morgan fingerprint density at radius 3 is 2.60 bits per heavy atom. The van der Waals surface area contributed by atoms with E-state index < -0.39 is 5.69 Å². The Morgan fingerprint density at radius 1 is 1.20 bits per heavy atom. The highest BCUT2D eigenvalue weighted by atomic mass is 16.5. The van der Waals surface area contributed by atoms with E-state index in [0.717, 1.165) is 4.57 Å². The zero-order valence-corrected chi connectivity index (χ0v) is 11.2. The van der Waals surface area contributed by atoms with Gasteiger partial charge >= 0.3 is 5.69 Å². The quantitative estimate of drug-likeness (QED) is 0.816. The van der Waals surface area contributed by atoms with Crippen molar-refractivity contribution in [2.45, 2.75) is 6.61 Å². The van der Waals surface area contributed by atoms with Crippen molar-refractivity contribution < 1.29 is 4.74 Å². The minimum Gasteiger partial charge on any atom is -0.486 e. The lowest BCUT2D eigenvalue weighted by atomic mass is 10.2. The second kappa shape index (κ2) is 5.45. The van der Waals surface area contributed by atoms with Gasteiger partial charge in [-0.05, 0) is 12.1 Å². The van der Waals surface area contributed by atoms with Gasteiger partial charge in [0.1, 0.15) is 18.4 Å². The molecule has 1 heterocycles. The second-order valence-corrected chi connectivity index (χ2v) is 4.27. The predicted octanol–water partition coefficient (Wildman–Crippen LogP) is 0.535. The molecule has 0 saturated carbocycles. The highest BCUT2D eigenvalue weighted by Gasteiger charge is 2.08. The SMILES string of the molecule is Cn1c(COc2ccccc2C#N)cc(=O)n(C)c1=O. The number of ether oxygens (including phenoxy) is 1. The van der Waals surface area contributed by atoms with Crippen molar-refractivity contribution in [3.05, 3.63) is 62.4 Å². The van der Waals surface area contributed by atoms with E-state index in [1.54, 1.807) is 31.3 Å². The average molecular weight is 271 g/mol. The van der Waals surface area contributed by atoms with Gasteiger partial charge in [-0.2, -0.15) is 5.26 Å². The predicted molar refractivity (Wildman–Crippen MR) is 72.4 cm³/mol. The smallest absolute Gasteiger partial charge is 0.330 e. The number of nitriles is 1. The molecule has 0 spiro atoms. The molecule has 2 aromatic rings. The van der Waals surface area contributed by atoms with E-state index in [4.69, 9.17) is 10.00 Å². The molecule has 0 amide bonds. The third kappa shape index (κ3) is 2.47. The van der Waals surface area contributed by atoms with Crippen LogP contribution in [-0.4, -0.2) is 9.13 Å². The van der Waals surface area contributed by atoms with Crippen molar-refractivity contribution in [2.24, 2.45) is 14.1 Å². The first-order valence-corrected chi connectivity index (χ1v) is 5.92. The minimum absolute atomic E-state index is 0.0422. The summed E-state index contributed by atoms with van der Waals surface area (Å²) in [5, 5.41) is 8.96. The van der Waals surface area contributed by atoms with Crippen LogP contribution in [-0.2, 0) is 20.7 Å². The zero-order chi connectivity index (χ0) is 14.7. The van der Waals surface area contributed by atoms with Crippen LogP contribution in [0, 0.1) is 11.3 Å².